The molecule has 0 unspecified atom stereocenters. The van der Waals surface area contributed by atoms with Gasteiger partial charge in [-0.25, -0.2) is 9.97 Å². The summed E-state index contributed by atoms with van der Waals surface area (Å²) >= 11 is 0. The van der Waals surface area contributed by atoms with E-state index in [1.807, 2.05) is 60.6 Å². The van der Waals surface area contributed by atoms with Crippen LogP contribution in [0.1, 0.15) is 11.1 Å². The van der Waals surface area contributed by atoms with E-state index in [0.717, 1.165) is 11.1 Å². The van der Waals surface area contributed by atoms with Crippen molar-refractivity contribution in [1.29, 1.82) is 0 Å². The molecule has 9 nitrogen and oxygen atoms in total. The first-order valence-electron chi connectivity index (χ1n) is 11.1. The van der Waals surface area contributed by atoms with Crippen molar-refractivity contribution in [1.82, 2.24) is 24.9 Å². The van der Waals surface area contributed by atoms with Crippen LogP contribution in [0.5, 0.6) is 5.88 Å². The van der Waals surface area contributed by atoms with Crippen molar-refractivity contribution < 1.29 is 8.95 Å². The molecule has 10 heteroatoms. The first-order valence-corrected chi connectivity index (χ1v) is 12.6. The second-order valence-corrected chi connectivity index (χ2v) is 9.75. The number of pyridine rings is 1. The molecule has 0 atom stereocenters. The number of fused-ring (bicyclic) bond motifs is 1. The molecule has 0 N–H and O–H groups in total. The Labute approximate surface area is 200 Å². The topological polar surface area (TPSA) is 97.2 Å². The number of benzene rings is 1. The van der Waals surface area contributed by atoms with Crippen molar-refractivity contribution in [3.8, 4) is 5.88 Å². The molecule has 5 rings (SSSR count). The van der Waals surface area contributed by atoms with E-state index in [-0.39, 0.29) is 0 Å². The van der Waals surface area contributed by atoms with Gasteiger partial charge in [0, 0.05) is 61.4 Å². The summed E-state index contributed by atoms with van der Waals surface area (Å²) in [6.07, 6.45) is 5.06. The van der Waals surface area contributed by atoms with Gasteiger partial charge in [-0.05, 0) is 17.2 Å². The maximum Gasteiger partial charge on any atom is 0.244 e. The molecule has 1 fully saturated rings. The second kappa shape index (κ2) is 10.1. The molecule has 34 heavy (non-hydrogen) atoms. The minimum absolute atomic E-state index is 0.371. The van der Waals surface area contributed by atoms with Gasteiger partial charge in [-0.1, -0.05) is 36.4 Å². The number of hydrogen-bond acceptors (Lipinski definition) is 9. The lowest BCUT2D eigenvalue weighted by Crippen LogP contribution is -2.38. The molecule has 1 aliphatic rings. The van der Waals surface area contributed by atoms with Gasteiger partial charge in [0.15, 0.2) is 11.3 Å². The van der Waals surface area contributed by atoms with Crippen LogP contribution in [0.3, 0.4) is 0 Å². The predicted octanol–water partition coefficient (Wildman–Crippen LogP) is 2.60. The van der Waals surface area contributed by atoms with E-state index in [4.69, 9.17) is 14.7 Å². The van der Waals surface area contributed by atoms with Crippen molar-refractivity contribution in [2.45, 2.75) is 13.2 Å². The van der Waals surface area contributed by atoms with Gasteiger partial charge in [-0.3, -0.25) is 9.19 Å². The highest BCUT2D eigenvalue weighted by atomic mass is 32.2. The zero-order valence-electron chi connectivity index (χ0n) is 18.9. The lowest BCUT2D eigenvalue weighted by molar-refractivity contribution is 0.297. The molecule has 0 spiro atoms. The highest BCUT2D eigenvalue weighted by Gasteiger charge is 2.23. The van der Waals surface area contributed by atoms with Crippen LogP contribution >= 0.6 is 0 Å². The first kappa shape index (κ1) is 22.1. The summed E-state index contributed by atoms with van der Waals surface area (Å²) in [6, 6.07) is 13.9. The number of anilines is 2. The highest BCUT2D eigenvalue weighted by molar-refractivity contribution is 7.85. The zero-order chi connectivity index (χ0) is 23.3. The first-order chi connectivity index (χ1) is 16.7. The van der Waals surface area contributed by atoms with Gasteiger partial charge >= 0.3 is 0 Å². The maximum absolute atomic E-state index is 11.9. The van der Waals surface area contributed by atoms with Crippen LogP contribution in [0.4, 0.5) is 11.8 Å². The molecular weight excluding hydrogens is 450 g/mol. The summed E-state index contributed by atoms with van der Waals surface area (Å²) < 4.78 is 18.0. The Morgan fingerprint density at radius 3 is 2.56 bits per heavy atom. The summed E-state index contributed by atoms with van der Waals surface area (Å²) in [6.45, 7) is 2.26. The lowest BCUT2D eigenvalue weighted by atomic mass is 10.2. The summed E-state index contributed by atoms with van der Waals surface area (Å²) in [7, 11) is 1.14. The lowest BCUT2D eigenvalue weighted by Gasteiger charge is -2.29. The Morgan fingerprint density at radius 2 is 1.79 bits per heavy atom. The van der Waals surface area contributed by atoms with E-state index in [1.165, 1.54) is 6.33 Å². The molecule has 0 aliphatic carbocycles. The van der Waals surface area contributed by atoms with Crippen molar-refractivity contribution in [2.24, 2.45) is 0 Å². The van der Waals surface area contributed by atoms with Gasteiger partial charge in [0.25, 0.3) is 0 Å². The third kappa shape index (κ3) is 4.96. The van der Waals surface area contributed by atoms with Gasteiger partial charge in [0.05, 0.1) is 0 Å². The number of aromatic nitrogens is 5. The quantitative estimate of drug-likeness (QED) is 0.399. The molecule has 174 valence electrons. The normalized spacial score (nSPS) is 14.3. The summed E-state index contributed by atoms with van der Waals surface area (Å²) in [5.41, 5.74) is 3.27. The molecule has 3 aromatic heterocycles. The smallest absolute Gasteiger partial charge is 0.244 e. The summed E-state index contributed by atoms with van der Waals surface area (Å²) in [5, 5.41) is 0. The van der Waals surface area contributed by atoms with E-state index >= 15 is 0 Å². The maximum atomic E-state index is 11.9. The molecule has 0 bridgehead atoms. The van der Waals surface area contributed by atoms with Crippen molar-refractivity contribution in [3.63, 3.8) is 0 Å². The predicted molar refractivity (Wildman–Crippen MR) is 132 cm³/mol. The van der Waals surface area contributed by atoms with Crippen LogP contribution < -0.4 is 14.5 Å². The minimum atomic E-state index is -0.798. The Bertz CT molecular complexity index is 1280. The van der Waals surface area contributed by atoms with E-state index in [1.54, 1.807) is 6.20 Å². The molecule has 4 aromatic rings. The van der Waals surface area contributed by atoms with Crippen LogP contribution in [0.2, 0.25) is 0 Å². The minimum Gasteiger partial charge on any atom is -0.471 e. The largest absolute Gasteiger partial charge is 0.471 e. The molecule has 1 aliphatic heterocycles. The third-order valence-corrected chi connectivity index (χ3v) is 6.87. The number of ether oxygens (including phenoxy) is 1. The van der Waals surface area contributed by atoms with E-state index in [2.05, 4.69) is 19.9 Å². The Hall–Kier alpha value is -3.66. The molecule has 1 saturated heterocycles. The van der Waals surface area contributed by atoms with Crippen molar-refractivity contribution in [3.05, 3.63) is 72.3 Å². The SMILES string of the molecule is CN(Cc1cccnc1)c1nc(N2CCS(=O)CC2)c2ncnc(OCc3ccccc3)c2n1. The fourth-order valence-electron chi connectivity index (χ4n) is 3.81. The van der Waals surface area contributed by atoms with Crippen LogP contribution in [0.15, 0.2) is 61.2 Å². The monoisotopic (exact) mass is 475 g/mol. The molecule has 0 radical (unpaired) electrons. The average molecular weight is 476 g/mol. The van der Waals surface area contributed by atoms with Crippen LogP contribution in [0.25, 0.3) is 11.0 Å². The van der Waals surface area contributed by atoms with Crippen LogP contribution in [-0.2, 0) is 24.0 Å². The van der Waals surface area contributed by atoms with Gasteiger partial charge in [0.2, 0.25) is 11.8 Å². The number of hydrogen-bond donors (Lipinski definition) is 0. The number of rotatable bonds is 7. The molecular formula is C24H25N7O2S. The van der Waals surface area contributed by atoms with E-state index in [0.29, 0.717) is 66.4 Å². The van der Waals surface area contributed by atoms with Crippen molar-refractivity contribution >= 4 is 33.6 Å². The van der Waals surface area contributed by atoms with Gasteiger partial charge in [-0.15, -0.1) is 0 Å². The highest BCUT2D eigenvalue weighted by Crippen LogP contribution is 2.30. The van der Waals surface area contributed by atoms with E-state index in [9.17, 15) is 4.21 Å². The Morgan fingerprint density at radius 1 is 1.00 bits per heavy atom. The van der Waals surface area contributed by atoms with Gasteiger partial charge in [-0.2, -0.15) is 9.97 Å². The van der Waals surface area contributed by atoms with Crippen molar-refractivity contribution in [2.75, 3.05) is 41.4 Å². The summed E-state index contributed by atoms with van der Waals surface area (Å²) in [4.78, 5) is 26.9. The van der Waals surface area contributed by atoms with Crippen LogP contribution in [0, 0.1) is 0 Å². The van der Waals surface area contributed by atoms with E-state index < -0.39 is 10.8 Å². The molecule has 1 aromatic carbocycles. The standard InChI is InChI=1S/C24H25N7O2S/c1-30(15-19-8-5-9-25-14-19)24-28-21-20(22(29-24)31-10-12-34(32)13-11-31)26-17-27-23(21)33-16-18-6-3-2-4-7-18/h2-9,14,17H,10-13,15-16H2,1H3. The molecule has 4 heterocycles. The molecule has 0 amide bonds. The average Bonchev–Trinajstić information content (AvgIpc) is 2.88. The van der Waals surface area contributed by atoms with Crippen LogP contribution in [-0.4, -0.2) is 60.8 Å². The summed E-state index contributed by atoms with van der Waals surface area (Å²) in [5.74, 6) is 2.87. The fraction of sp³-hybridized carbons (Fsp3) is 0.292. The van der Waals surface area contributed by atoms with Gasteiger partial charge in [0.1, 0.15) is 18.5 Å². The second-order valence-electron chi connectivity index (χ2n) is 8.05. The number of nitrogens with zero attached hydrogens (tertiary/aromatic N) is 7. The Balaban J connectivity index is 1.53. The van der Waals surface area contributed by atoms with Gasteiger partial charge < -0.3 is 14.5 Å². The zero-order valence-corrected chi connectivity index (χ0v) is 19.7. The molecule has 0 saturated carbocycles. The Kier molecular flexibility index (Phi) is 6.57. The third-order valence-electron chi connectivity index (χ3n) is 5.60. The fourth-order valence-corrected chi connectivity index (χ4v) is 4.86.